The van der Waals surface area contributed by atoms with E-state index in [1.807, 2.05) is 0 Å². The summed E-state index contributed by atoms with van der Waals surface area (Å²) in [4.78, 5) is 3.62. The lowest BCUT2D eigenvalue weighted by molar-refractivity contribution is -0.0973. The molecule has 0 aliphatic carbocycles. The first-order valence-corrected chi connectivity index (χ1v) is 11.7. The van der Waals surface area contributed by atoms with Gasteiger partial charge in [0, 0.05) is 42.0 Å². The fourth-order valence-corrected chi connectivity index (χ4v) is 4.65. The third-order valence-corrected chi connectivity index (χ3v) is 6.69. The molecule has 1 fully saturated rings. The molecule has 0 bridgehead atoms. The summed E-state index contributed by atoms with van der Waals surface area (Å²) in [5.74, 6) is -3.22. The standard InChI is InChI=1S/C22H16F5N3O5S/c23-16-8-12(35-36(31,32)22(25,26)27)7-15-19(16)33-17-4-3-11(13-2-1-5-30-20(13)24)6-14(17)21(15)10-29-9-18(28)34-21/h1-8,18,29H,9-10,28H2. The van der Waals surface area contributed by atoms with Crippen molar-refractivity contribution in [3.05, 3.63) is 71.6 Å². The van der Waals surface area contributed by atoms with Crippen molar-refractivity contribution in [2.24, 2.45) is 5.73 Å². The quantitative estimate of drug-likeness (QED) is 0.230. The highest BCUT2D eigenvalue weighted by atomic mass is 32.2. The number of ether oxygens (including phenoxy) is 2. The number of hydrogen-bond acceptors (Lipinski definition) is 8. The van der Waals surface area contributed by atoms with Gasteiger partial charge >= 0.3 is 15.6 Å². The molecule has 5 rings (SSSR count). The second-order valence-electron chi connectivity index (χ2n) is 8.03. The fraction of sp³-hybridized carbons (Fsp3) is 0.227. The van der Waals surface area contributed by atoms with Gasteiger partial charge in [0.1, 0.15) is 23.3 Å². The van der Waals surface area contributed by atoms with Gasteiger partial charge in [-0.1, -0.05) is 6.07 Å². The first kappa shape index (κ1) is 24.4. The molecule has 0 radical (unpaired) electrons. The first-order chi connectivity index (χ1) is 16.9. The highest BCUT2D eigenvalue weighted by Gasteiger charge is 2.50. The second kappa shape index (κ2) is 8.37. The summed E-state index contributed by atoms with van der Waals surface area (Å²) in [7, 11) is -6.09. The van der Waals surface area contributed by atoms with E-state index in [0.717, 1.165) is 6.07 Å². The lowest BCUT2D eigenvalue weighted by Crippen LogP contribution is -2.56. The van der Waals surface area contributed by atoms with E-state index in [0.29, 0.717) is 11.6 Å². The molecule has 14 heteroatoms. The van der Waals surface area contributed by atoms with Gasteiger partial charge < -0.3 is 24.7 Å². The van der Waals surface area contributed by atoms with Crippen molar-refractivity contribution in [1.82, 2.24) is 10.3 Å². The SMILES string of the molecule is NC1CNCC2(O1)c1cc(-c3cccnc3F)ccc1Oc1c(F)cc(OS(=O)(=O)C(F)(F)F)cc12. The van der Waals surface area contributed by atoms with Gasteiger partial charge in [-0.25, -0.2) is 9.37 Å². The largest absolute Gasteiger partial charge is 0.534 e. The van der Waals surface area contributed by atoms with Gasteiger partial charge in [-0.05, 0) is 35.9 Å². The minimum atomic E-state index is -6.09. The molecule has 2 aliphatic rings. The Bertz CT molecular complexity index is 1470. The minimum absolute atomic E-state index is 0.0576. The maximum absolute atomic E-state index is 15.1. The number of pyridine rings is 1. The van der Waals surface area contributed by atoms with Gasteiger partial charge in [0.25, 0.3) is 0 Å². The summed E-state index contributed by atoms with van der Waals surface area (Å²) in [6, 6.07) is 8.79. The molecule has 0 amide bonds. The van der Waals surface area contributed by atoms with Crippen LogP contribution in [0.1, 0.15) is 11.1 Å². The Morgan fingerprint density at radius 3 is 2.61 bits per heavy atom. The summed E-state index contributed by atoms with van der Waals surface area (Å²) in [6.07, 6.45) is 0.313. The monoisotopic (exact) mass is 529 g/mol. The number of nitrogens with zero attached hydrogens (tertiary/aromatic N) is 1. The minimum Gasteiger partial charge on any atom is -0.453 e. The van der Waals surface area contributed by atoms with Crippen molar-refractivity contribution >= 4 is 10.1 Å². The zero-order chi connectivity index (χ0) is 25.9. The van der Waals surface area contributed by atoms with E-state index in [9.17, 15) is 26.0 Å². The summed E-state index contributed by atoms with van der Waals surface area (Å²) in [5.41, 5.74) is -0.847. The number of fused-ring (bicyclic) bond motifs is 4. The summed E-state index contributed by atoms with van der Waals surface area (Å²) < 4.78 is 107. The Hall–Kier alpha value is -3.33. The van der Waals surface area contributed by atoms with E-state index >= 15 is 4.39 Å². The Kier molecular flexibility index (Phi) is 5.66. The molecule has 0 saturated carbocycles. The molecular weight excluding hydrogens is 513 g/mol. The molecule has 1 aromatic heterocycles. The van der Waals surface area contributed by atoms with Crippen LogP contribution in [0, 0.1) is 11.8 Å². The summed E-state index contributed by atoms with van der Waals surface area (Å²) in [6.45, 7) is 0.128. The second-order valence-corrected chi connectivity index (χ2v) is 9.57. The molecule has 8 nitrogen and oxygen atoms in total. The van der Waals surface area contributed by atoms with E-state index in [4.69, 9.17) is 15.2 Å². The molecular formula is C22H16F5N3O5S. The van der Waals surface area contributed by atoms with Crippen LogP contribution < -0.4 is 20.0 Å². The van der Waals surface area contributed by atoms with Gasteiger partial charge in [0.2, 0.25) is 5.95 Å². The van der Waals surface area contributed by atoms with E-state index in [1.165, 1.54) is 36.5 Å². The van der Waals surface area contributed by atoms with E-state index < -0.39 is 50.7 Å². The molecule has 3 heterocycles. The van der Waals surface area contributed by atoms with Crippen LogP contribution in [0.5, 0.6) is 17.2 Å². The lowest BCUT2D eigenvalue weighted by atomic mass is 9.80. The number of halogens is 5. The molecule has 2 aliphatic heterocycles. The number of nitrogens with two attached hydrogens (primary N) is 1. The van der Waals surface area contributed by atoms with Crippen molar-refractivity contribution in [1.29, 1.82) is 0 Å². The van der Waals surface area contributed by atoms with E-state index in [1.54, 1.807) is 0 Å². The highest BCUT2D eigenvalue weighted by Crippen LogP contribution is 2.52. The zero-order valence-electron chi connectivity index (χ0n) is 18.0. The van der Waals surface area contributed by atoms with Gasteiger partial charge in [0.05, 0.1) is 0 Å². The number of nitrogens with one attached hydrogen (secondary N) is 1. The zero-order valence-corrected chi connectivity index (χ0v) is 18.8. The maximum atomic E-state index is 15.1. The molecule has 3 aromatic rings. The van der Waals surface area contributed by atoms with Crippen molar-refractivity contribution in [3.63, 3.8) is 0 Å². The predicted molar refractivity (Wildman–Crippen MR) is 114 cm³/mol. The number of rotatable bonds is 3. The van der Waals surface area contributed by atoms with Crippen LogP contribution in [0.3, 0.4) is 0 Å². The molecule has 2 atom stereocenters. The average Bonchev–Trinajstić information content (AvgIpc) is 2.79. The van der Waals surface area contributed by atoms with Crippen molar-refractivity contribution < 1.29 is 44.0 Å². The molecule has 3 N–H and O–H groups in total. The van der Waals surface area contributed by atoms with Gasteiger partial charge in [-0.3, -0.25) is 0 Å². The Labute approximate surface area is 200 Å². The van der Waals surface area contributed by atoms with Gasteiger partial charge in [0.15, 0.2) is 11.6 Å². The summed E-state index contributed by atoms with van der Waals surface area (Å²) in [5, 5.41) is 3.01. The number of aromatic nitrogens is 1. The molecule has 1 saturated heterocycles. The van der Waals surface area contributed by atoms with Gasteiger partial charge in [-0.2, -0.15) is 26.0 Å². The third-order valence-electron chi connectivity index (χ3n) is 5.71. The Morgan fingerprint density at radius 1 is 1.14 bits per heavy atom. The number of alkyl halides is 3. The van der Waals surface area contributed by atoms with Gasteiger partial charge in [-0.15, -0.1) is 0 Å². The van der Waals surface area contributed by atoms with Crippen LogP contribution in [-0.4, -0.2) is 38.2 Å². The topological polar surface area (TPSA) is 113 Å². The number of benzene rings is 2. The third kappa shape index (κ3) is 3.95. The number of hydrogen-bond donors (Lipinski definition) is 2. The summed E-state index contributed by atoms with van der Waals surface area (Å²) >= 11 is 0. The fourth-order valence-electron chi connectivity index (χ4n) is 4.20. The average molecular weight is 529 g/mol. The highest BCUT2D eigenvalue weighted by molar-refractivity contribution is 7.88. The molecule has 190 valence electrons. The Morgan fingerprint density at radius 2 is 1.92 bits per heavy atom. The van der Waals surface area contributed by atoms with E-state index in [-0.39, 0.29) is 35.5 Å². The lowest BCUT2D eigenvalue weighted by Gasteiger charge is -2.44. The van der Waals surface area contributed by atoms with Crippen LogP contribution in [0.15, 0.2) is 48.7 Å². The maximum Gasteiger partial charge on any atom is 0.534 e. The molecule has 1 spiro atoms. The smallest absolute Gasteiger partial charge is 0.453 e. The first-order valence-electron chi connectivity index (χ1n) is 10.3. The van der Waals surface area contributed by atoms with Crippen LogP contribution in [-0.2, 0) is 20.5 Å². The van der Waals surface area contributed by atoms with Crippen LogP contribution in [0.4, 0.5) is 22.0 Å². The van der Waals surface area contributed by atoms with Crippen molar-refractivity contribution in [2.75, 3.05) is 13.1 Å². The molecule has 2 aromatic carbocycles. The molecule has 2 unspecified atom stereocenters. The van der Waals surface area contributed by atoms with Crippen LogP contribution >= 0.6 is 0 Å². The molecule has 36 heavy (non-hydrogen) atoms. The number of morpholine rings is 1. The van der Waals surface area contributed by atoms with Crippen LogP contribution in [0.25, 0.3) is 11.1 Å². The predicted octanol–water partition coefficient (Wildman–Crippen LogP) is 3.51. The van der Waals surface area contributed by atoms with Crippen LogP contribution in [0.2, 0.25) is 0 Å². The van der Waals surface area contributed by atoms with Crippen molar-refractivity contribution in [3.8, 4) is 28.4 Å². The van der Waals surface area contributed by atoms with E-state index in [2.05, 4.69) is 14.5 Å². The Balaban J connectivity index is 1.70. The normalized spacial score (nSPS) is 21.4. The van der Waals surface area contributed by atoms with Crippen molar-refractivity contribution in [2.45, 2.75) is 17.3 Å².